The summed E-state index contributed by atoms with van der Waals surface area (Å²) in [7, 11) is 0. The molecule has 6 nitrogen and oxygen atoms in total. The summed E-state index contributed by atoms with van der Waals surface area (Å²) in [5.41, 5.74) is 3.40. The summed E-state index contributed by atoms with van der Waals surface area (Å²) < 4.78 is 5.99. The fourth-order valence-electron chi connectivity index (χ4n) is 2.99. The summed E-state index contributed by atoms with van der Waals surface area (Å²) >= 11 is 0. The van der Waals surface area contributed by atoms with Gasteiger partial charge in [0.05, 0.1) is 6.54 Å². The summed E-state index contributed by atoms with van der Waals surface area (Å²) in [6.45, 7) is 1.43. The Kier molecular flexibility index (Phi) is 7.03. The molecule has 0 atom stereocenters. The average Bonchev–Trinajstić information content (AvgIpc) is 3.47. The molecule has 0 unspecified atom stereocenters. The molecular formula is C22H20N5OPt-. The minimum absolute atomic E-state index is 0. The van der Waals surface area contributed by atoms with Crippen molar-refractivity contribution in [2.75, 3.05) is 0 Å². The van der Waals surface area contributed by atoms with Crippen molar-refractivity contribution in [1.29, 1.82) is 0 Å². The van der Waals surface area contributed by atoms with Crippen molar-refractivity contribution in [2.45, 2.75) is 13.1 Å². The van der Waals surface area contributed by atoms with E-state index in [1.54, 1.807) is 36.7 Å². The molecule has 0 saturated heterocycles. The molecule has 150 valence electrons. The molecule has 29 heavy (non-hydrogen) atoms. The number of phenolic OH excluding ortho intramolecular Hbond substituents is 1. The van der Waals surface area contributed by atoms with Gasteiger partial charge in [0, 0.05) is 52.4 Å². The van der Waals surface area contributed by atoms with E-state index < -0.39 is 0 Å². The van der Waals surface area contributed by atoms with Gasteiger partial charge in [0.2, 0.25) is 0 Å². The van der Waals surface area contributed by atoms with Gasteiger partial charge in [-0.25, -0.2) is 6.07 Å². The molecule has 0 radical (unpaired) electrons. The second-order valence-electron chi connectivity index (χ2n) is 6.25. The maximum atomic E-state index is 8.63. The standard InChI is InChI=1S/C16H14N5.C6H6O.Pt/c1-2-10-21-15(13-20-9-4-7-18-20)11-14(16(21)5-1)12-19-8-3-6-17-19;7-6-4-2-1-3-5-6;/h1-10H,12-13H2;1-5,7H;/q-1;;. The van der Waals surface area contributed by atoms with Gasteiger partial charge >= 0.3 is 0 Å². The third kappa shape index (κ3) is 5.24. The Hall–Kier alpha value is -3.11. The summed E-state index contributed by atoms with van der Waals surface area (Å²) in [6, 6.07) is 22.3. The molecule has 0 fully saturated rings. The van der Waals surface area contributed by atoms with E-state index in [0.717, 1.165) is 23.3 Å². The van der Waals surface area contributed by atoms with Crippen molar-refractivity contribution in [3.05, 3.63) is 109 Å². The number of fused-ring (bicyclic) bond motifs is 1. The van der Waals surface area contributed by atoms with Crippen LogP contribution in [0.15, 0.2) is 91.6 Å². The van der Waals surface area contributed by atoms with Crippen LogP contribution >= 0.6 is 0 Å². The number of nitrogens with zero attached hydrogens (tertiary/aromatic N) is 5. The Morgan fingerprint density at radius 3 is 2.00 bits per heavy atom. The predicted octanol–water partition coefficient (Wildman–Crippen LogP) is 3.62. The third-order valence-electron chi connectivity index (χ3n) is 4.26. The maximum absolute atomic E-state index is 8.63. The molecule has 0 aliphatic carbocycles. The number of para-hydroxylation sites is 1. The third-order valence-corrected chi connectivity index (χ3v) is 4.26. The van der Waals surface area contributed by atoms with Crippen molar-refractivity contribution in [3.63, 3.8) is 0 Å². The summed E-state index contributed by atoms with van der Waals surface area (Å²) in [5, 5.41) is 17.2. The minimum Gasteiger partial charge on any atom is -0.508 e. The van der Waals surface area contributed by atoms with Crippen LogP contribution in [0.5, 0.6) is 5.75 Å². The van der Waals surface area contributed by atoms with Crippen molar-refractivity contribution < 1.29 is 26.2 Å². The van der Waals surface area contributed by atoms with Gasteiger partial charge in [0.15, 0.2) is 0 Å². The maximum Gasteiger partial charge on any atom is 0.115 e. The van der Waals surface area contributed by atoms with Crippen molar-refractivity contribution in [1.82, 2.24) is 24.0 Å². The number of aromatic nitrogens is 5. The fraction of sp³-hybridized carbons (Fsp3) is 0.0909. The monoisotopic (exact) mass is 565 g/mol. The smallest absolute Gasteiger partial charge is 0.115 e. The molecule has 0 spiro atoms. The van der Waals surface area contributed by atoms with Gasteiger partial charge in [-0.1, -0.05) is 30.0 Å². The van der Waals surface area contributed by atoms with Crippen LogP contribution in [-0.4, -0.2) is 29.1 Å². The number of rotatable bonds is 4. The second-order valence-corrected chi connectivity index (χ2v) is 6.25. The Morgan fingerprint density at radius 2 is 1.41 bits per heavy atom. The average molecular weight is 566 g/mol. The molecule has 0 aliphatic rings. The predicted molar refractivity (Wildman–Crippen MR) is 107 cm³/mol. The first-order valence-corrected chi connectivity index (χ1v) is 8.98. The van der Waals surface area contributed by atoms with E-state index in [-0.39, 0.29) is 21.1 Å². The fourth-order valence-corrected chi connectivity index (χ4v) is 2.99. The zero-order chi connectivity index (χ0) is 19.2. The first-order chi connectivity index (χ1) is 13.8. The van der Waals surface area contributed by atoms with Gasteiger partial charge in [-0.2, -0.15) is 15.8 Å². The van der Waals surface area contributed by atoms with Crippen LogP contribution in [0.2, 0.25) is 0 Å². The van der Waals surface area contributed by atoms with Crippen LogP contribution in [0.3, 0.4) is 0 Å². The Labute approximate surface area is 183 Å². The van der Waals surface area contributed by atoms with Crippen LogP contribution in [0.1, 0.15) is 11.3 Å². The number of aromatic hydroxyl groups is 1. The second kappa shape index (κ2) is 9.89. The van der Waals surface area contributed by atoms with Gasteiger partial charge < -0.3 is 9.51 Å². The van der Waals surface area contributed by atoms with Gasteiger partial charge in [0.1, 0.15) is 5.75 Å². The van der Waals surface area contributed by atoms with Crippen LogP contribution in [-0.2, 0) is 34.2 Å². The summed E-state index contributed by atoms with van der Waals surface area (Å²) in [4.78, 5) is 0. The van der Waals surface area contributed by atoms with Crippen LogP contribution in [0.25, 0.3) is 5.52 Å². The molecule has 0 bridgehead atoms. The number of hydrogen-bond acceptors (Lipinski definition) is 3. The van der Waals surface area contributed by atoms with Gasteiger partial charge in [-0.3, -0.25) is 9.36 Å². The molecule has 4 aromatic heterocycles. The molecule has 5 aromatic rings. The molecule has 0 aliphatic heterocycles. The molecular weight excluding hydrogens is 545 g/mol. The Morgan fingerprint density at radius 1 is 0.759 bits per heavy atom. The molecule has 0 saturated carbocycles. The molecule has 5 rings (SSSR count). The summed E-state index contributed by atoms with van der Waals surface area (Å²) in [5.74, 6) is 0.322. The molecule has 0 amide bonds. The largest absolute Gasteiger partial charge is 0.508 e. The van der Waals surface area contributed by atoms with Crippen molar-refractivity contribution >= 4 is 5.52 Å². The summed E-state index contributed by atoms with van der Waals surface area (Å²) in [6.07, 6.45) is 9.58. The first-order valence-electron chi connectivity index (χ1n) is 8.98. The van der Waals surface area contributed by atoms with E-state index in [4.69, 9.17) is 5.11 Å². The van der Waals surface area contributed by atoms with Gasteiger partial charge in [-0.05, 0) is 36.5 Å². The normalized spacial score (nSPS) is 10.2. The van der Waals surface area contributed by atoms with Crippen LogP contribution < -0.4 is 0 Å². The van der Waals surface area contributed by atoms with E-state index in [1.165, 1.54) is 0 Å². The molecule has 4 heterocycles. The van der Waals surface area contributed by atoms with Gasteiger partial charge in [-0.15, -0.1) is 11.6 Å². The first kappa shape index (κ1) is 20.6. The van der Waals surface area contributed by atoms with E-state index in [2.05, 4.69) is 32.9 Å². The van der Waals surface area contributed by atoms with E-state index in [1.807, 2.05) is 52.1 Å². The van der Waals surface area contributed by atoms with Crippen molar-refractivity contribution in [3.8, 4) is 5.75 Å². The topological polar surface area (TPSA) is 60.3 Å². The molecule has 1 N–H and O–H groups in total. The van der Waals surface area contributed by atoms with E-state index in [9.17, 15) is 0 Å². The van der Waals surface area contributed by atoms with Crippen molar-refractivity contribution in [2.24, 2.45) is 0 Å². The minimum atomic E-state index is 0. The Balaban J connectivity index is 0.000000257. The zero-order valence-corrected chi connectivity index (χ0v) is 17.8. The van der Waals surface area contributed by atoms with Crippen LogP contribution in [0.4, 0.5) is 0 Å². The van der Waals surface area contributed by atoms with E-state index in [0.29, 0.717) is 12.3 Å². The number of phenols is 1. The quantitative estimate of drug-likeness (QED) is 0.339. The molecule has 7 heteroatoms. The SMILES string of the molecule is Oc1ccccc1.[Pt].[c-]1c(Cn2cccn2)c2ccccn2c1Cn1cccn1. The van der Waals surface area contributed by atoms with E-state index >= 15 is 0 Å². The zero-order valence-electron chi connectivity index (χ0n) is 15.6. The van der Waals surface area contributed by atoms with Crippen LogP contribution in [0, 0.1) is 6.07 Å². The molecule has 1 aromatic carbocycles. The van der Waals surface area contributed by atoms with Gasteiger partial charge in [0.25, 0.3) is 0 Å². The number of hydrogen-bond donors (Lipinski definition) is 1. The Bertz CT molecular complexity index is 1050. The number of pyridine rings is 1. The number of benzene rings is 1.